The number of aromatic nitrogens is 1. The average Bonchev–Trinajstić information content (AvgIpc) is 3.17. The molecule has 1 amide bonds. The number of carbonyl (C=O) groups is 2. The second-order valence-electron chi connectivity index (χ2n) is 7.86. The third-order valence-corrected chi connectivity index (χ3v) is 5.85. The molecule has 2 aliphatic rings. The van der Waals surface area contributed by atoms with Gasteiger partial charge in [0.2, 0.25) is 0 Å². The molecule has 2 aromatic rings. The maximum atomic E-state index is 12.9. The highest BCUT2D eigenvalue weighted by Crippen LogP contribution is 2.52. The van der Waals surface area contributed by atoms with E-state index in [4.69, 9.17) is 14.6 Å². The summed E-state index contributed by atoms with van der Waals surface area (Å²) in [4.78, 5) is 29.6. The Hall–Kier alpha value is -2.77. The third kappa shape index (κ3) is 4.52. The molecule has 3 atom stereocenters. The molecule has 0 spiro atoms. The zero-order chi connectivity index (χ0) is 21.1. The molecule has 1 aromatic heterocycles. The number of hydrogen-bond donors (Lipinski definition) is 2. The molecule has 1 aliphatic heterocycles. The molecule has 2 fully saturated rings. The molecular weight excluding hydrogens is 384 g/mol. The number of hydrogen-bond acceptors (Lipinski definition) is 6. The summed E-state index contributed by atoms with van der Waals surface area (Å²) in [6.07, 6.45) is 0.948. The normalized spacial score (nSPS) is 21.7. The lowest BCUT2D eigenvalue weighted by atomic mass is 10.0. The van der Waals surface area contributed by atoms with Gasteiger partial charge < -0.3 is 19.9 Å². The van der Waals surface area contributed by atoms with Gasteiger partial charge in [0.25, 0.3) is 5.91 Å². The molecule has 30 heavy (non-hydrogen) atoms. The van der Waals surface area contributed by atoms with E-state index in [9.17, 15) is 9.59 Å². The fourth-order valence-electron chi connectivity index (χ4n) is 4.20. The van der Waals surface area contributed by atoms with E-state index in [0.29, 0.717) is 47.6 Å². The third-order valence-electron chi connectivity index (χ3n) is 5.85. The van der Waals surface area contributed by atoms with Gasteiger partial charge in [-0.3, -0.25) is 9.59 Å². The molecule has 1 aromatic carbocycles. The number of benzene rings is 1. The maximum absolute atomic E-state index is 12.9. The highest BCUT2D eigenvalue weighted by Gasteiger charge is 2.54. The number of fused-ring (bicyclic) bond motifs is 1. The van der Waals surface area contributed by atoms with Crippen molar-refractivity contribution in [2.75, 3.05) is 33.5 Å². The van der Waals surface area contributed by atoms with Crippen LogP contribution in [0.15, 0.2) is 36.4 Å². The largest absolute Gasteiger partial charge is 0.491 e. The fourth-order valence-corrected chi connectivity index (χ4v) is 4.20. The van der Waals surface area contributed by atoms with E-state index in [1.165, 1.54) is 0 Å². The Kier molecular flexibility index (Phi) is 6.11. The summed E-state index contributed by atoms with van der Waals surface area (Å²) < 4.78 is 10.9. The van der Waals surface area contributed by atoms with E-state index in [0.717, 1.165) is 18.8 Å². The van der Waals surface area contributed by atoms with Gasteiger partial charge in [0.1, 0.15) is 18.1 Å². The first-order valence-electron chi connectivity index (χ1n) is 10.3. The van der Waals surface area contributed by atoms with E-state index >= 15 is 0 Å². The first-order valence-corrected chi connectivity index (χ1v) is 10.3. The summed E-state index contributed by atoms with van der Waals surface area (Å²) in [6.45, 7) is 1.67. The molecule has 0 bridgehead atoms. The summed E-state index contributed by atoms with van der Waals surface area (Å²) in [7, 11) is 1.55. The first-order chi connectivity index (χ1) is 14.6. The number of Topliss-reactive ketones (excluding diaryl/α,β-unsaturated/α-hetero) is 1. The van der Waals surface area contributed by atoms with Crippen molar-refractivity contribution in [1.82, 2.24) is 10.3 Å². The monoisotopic (exact) mass is 410 g/mol. The van der Waals surface area contributed by atoms with Crippen LogP contribution in [0.4, 0.5) is 0 Å². The van der Waals surface area contributed by atoms with Crippen LogP contribution < -0.4 is 10.1 Å². The van der Waals surface area contributed by atoms with Gasteiger partial charge in [0.05, 0.1) is 19.8 Å². The van der Waals surface area contributed by atoms with Crippen molar-refractivity contribution in [3.8, 4) is 5.75 Å². The Morgan fingerprint density at radius 2 is 2.03 bits per heavy atom. The van der Waals surface area contributed by atoms with Crippen LogP contribution in [0, 0.1) is 17.8 Å². The van der Waals surface area contributed by atoms with Gasteiger partial charge in [-0.25, -0.2) is 4.98 Å². The highest BCUT2D eigenvalue weighted by atomic mass is 16.5. The minimum atomic E-state index is -0.317. The van der Waals surface area contributed by atoms with Gasteiger partial charge in [0.15, 0.2) is 5.78 Å². The zero-order valence-corrected chi connectivity index (χ0v) is 17.0. The summed E-state index contributed by atoms with van der Waals surface area (Å²) >= 11 is 0. The zero-order valence-electron chi connectivity index (χ0n) is 17.0. The number of rotatable bonds is 9. The summed E-state index contributed by atoms with van der Waals surface area (Å²) in [6, 6.07) is 10.9. The van der Waals surface area contributed by atoms with Gasteiger partial charge in [-0.05, 0) is 47.6 Å². The molecule has 7 heteroatoms. The number of ether oxygens (including phenoxy) is 2. The lowest BCUT2D eigenvalue weighted by Crippen LogP contribution is -2.21. The molecule has 2 heterocycles. The Bertz CT molecular complexity index is 935. The van der Waals surface area contributed by atoms with E-state index in [2.05, 4.69) is 10.3 Å². The SMILES string of the molecule is CNC(=O)c1cc(C(=O)CC2[C@H]3COC[C@@H]23)cc(Cc2cccc(OCCO)c2)n1. The number of amides is 1. The standard InChI is InChI=1S/C23H26N2O5/c1-24-23(28)21-10-15(22(27)11-18-19-12-29-13-20(18)19)9-16(25-21)7-14-3-2-4-17(8-14)30-6-5-26/h2-4,8-10,18-20,26H,5-7,11-13H2,1H3,(H,24,28)/t18?,19-,20+. The van der Waals surface area contributed by atoms with Crippen molar-refractivity contribution < 1.29 is 24.2 Å². The number of pyridine rings is 1. The van der Waals surface area contributed by atoms with Gasteiger partial charge in [-0.15, -0.1) is 0 Å². The number of aliphatic hydroxyl groups is 1. The van der Waals surface area contributed by atoms with Crippen LogP contribution in [0.2, 0.25) is 0 Å². The molecule has 158 valence electrons. The molecule has 0 radical (unpaired) electrons. The second-order valence-corrected chi connectivity index (χ2v) is 7.86. The summed E-state index contributed by atoms with van der Waals surface area (Å²) in [5.41, 5.74) is 2.36. The van der Waals surface area contributed by atoms with Crippen molar-refractivity contribution in [3.05, 3.63) is 58.9 Å². The quantitative estimate of drug-likeness (QED) is 0.613. The summed E-state index contributed by atoms with van der Waals surface area (Å²) in [5, 5.41) is 11.5. The molecule has 1 saturated heterocycles. The lowest BCUT2D eigenvalue weighted by Gasteiger charge is -2.10. The van der Waals surface area contributed by atoms with E-state index in [1.54, 1.807) is 19.2 Å². The van der Waals surface area contributed by atoms with Crippen LogP contribution in [0.1, 0.15) is 38.5 Å². The van der Waals surface area contributed by atoms with Gasteiger partial charge >= 0.3 is 0 Å². The number of carbonyl (C=O) groups excluding carboxylic acids is 2. The van der Waals surface area contributed by atoms with E-state index < -0.39 is 0 Å². The molecular formula is C23H26N2O5. The number of nitrogens with one attached hydrogen (secondary N) is 1. The fraction of sp³-hybridized carbons (Fsp3) is 0.435. The van der Waals surface area contributed by atoms with Crippen molar-refractivity contribution in [2.45, 2.75) is 12.8 Å². The van der Waals surface area contributed by atoms with Crippen LogP contribution in [0.3, 0.4) is 0 Å². The molecule has 1 aliphatic carbocycles. The van der Waals surface area contributed by atoms with E-state index in [-0.39, 0.29) is 30.6 Å². The predicted octanol–water partition coefficient (Wildman–Crippen LogP) is 1.87. The topological polar surface area (TPSA) is 97.8 Å². The van der Waals surface area contributed by atoms with Crippen LogP contribution in [0.5, 0.6) is 5.75 Å². The number of aliphatic hydroxyl groups excluding tert-OH is 1. The lowest BCUT2D eigenvalue weighted by molar-refractivity contribution is 0.0950. The van der Waals surface area contributed by atoms with Crippen molar-refractivity contribution in [3.63, 3.8) is 0 Å². The molecule has 4 rings (SSSR count). The van der Waals surface area contributed by atoms with Crippen LogP contribution in [-0.4, -0.2) is 55.3 Å². The van der Waals surface area contributed by atoms with Crippen molar-refractivity contribution in [2.24, 2.45) is 17.8 Å². The minimum Gasteiger partial charge on any atom is -0.491 e. The smallest absolute Gasteiger partial charge is 0.269 e. The Morgan fingerprint density at radius 1 is 1.23 bits per heavy atom. The van der Waals surface area contributed by atoms with Crippen molar-refractivity contribution in [1.29, 1.82) is 0 Å². The first kappa shape index (κ1) is 20.5. The van der Waals surface area contributed by atoms with Gasteiger partial charge in [0, 0.05) is 31.1 Å². The van der Waals surface area contributed by atoms with Crippen LogP contribution >= 0.6 is 0 Å². The molecule has 1 saturated carbocycles. The number of nitrogens with zero attached hydrogens (tertiary/aromatic N) is 1. The second kappa shape index (κ2) is 8.93. The van der Waals surface area contributed by atoms with E-state index in [1.807, 2.05) is 24.3 Å². The highest BCUT2D eigenvalue weighted by molar-refractivity contribution is 6.00. The Morgan fingerprint density at radius 3 is 2.77 bits per heavy atom. The summed E-state index contributed by atoms with van der Waals surface area (Å²) in [5.74, 6) is 1.80. The Balaban J connectivity index is 1.54. The minimum absolute atomic E-state index is 0.0447. The van der Waals surface area contributed by atoms with Gasteiger partial charge in [-0.2, -0.15) is 0 Å². The average molecular weight is 410 g/mol. The Labute approximate surface area is 175 Å². The molecule has 7 nitrogen and oxygen atoms in total. The maximum Gasteiger partial charge on any atom is 0.269 e. The van der Waals surface area contributed by atoms with Gasteiger partial charge in [-0.1, -0.05) is 12.1 Å². The molecule has 2 N–H and O–H groups in total. The predicted molar refractivity (Wildman–Crippen MR) is 110 cm³/mol. The number of ketones is 1. The molecule has 1 unspecified atom stereocenters. The van der Waals surface area contributed by atoms with Crippen LogP contribution in [0.25, 0.3) is 0 Å². The van der Waals surface area contributed by atoms with Crippen LogP contribution in [-0.2, 0) is 11.2 Å². The van der Waals surface area contributed by atoms with Crippen molar-refractivity contribution >= 4 is 11.7 Å².